The van der Waals surface area contributed by atoms with Gasteiger partial charge in [-0.15, -0.1) is 0 Å². The summed E-state index contributed by atoms with van der Waals surface area (Å²) < 4.78 is 10.6. The van der Waals surface area contributed by atoms with Crippen LogP contribution in [0.4, 0.5) is 11.4 Å². The second-order valence-electron chi connectivity index (χ2n) is 4.65. The molecule has 1 heterocycles. The van der Waals surface area contributed by atoms with E-state index in [9.17, 15) is 4.79 Å². The summed E-state index contributed by atoms with van der Waals surface area (Å²) in [5.41, 5.74) is 7.83. The maximum Gasteiger partial charge on any atom is 0.337 e. The Morgan fingerprint density at radius 2 is 2.00 bits per heavy atom. The van der Waals surface area contributed by atoms with Gasteiger partial charge in [-0.3, -0.25) is 0 Å². The zero-order valence-electron chi connectivity index (χ0n) is 11.1. The maximum absolute atomic E-state index is 10.9. The van der Waals surface area contributed by atoms with Crippen molar-refractivity contribution in [3.8, 4) is 11.5 Å². The zero-order valence-corrected chi connectivity index (χ0v) is 11.1. The van der Waals surface area contributed by atoms with Gasteiger partial charge in [0.2, 0.25) is 6.79 Å². The van der Waals surface area contributed by atoms with E-state index in [0.29, 0.717) is 6.54 Å². The van der Waals surface area contributed by atoms with Gasteiger partial charge in [-0.05, 0) is 35.9 Å². The number of rotatable bonds is 4. The van der Waals surface area contributed by atoms with Crippen molar-refractivity contribution in [2.75, 3.05) is 17.8 Å². The first-order chi connectivity index (χ1) is 10.1. The molecule has 0 atom stereocenters. The van der Waals surface area contributed by atoms with Crippen molar-refractivity contribution in [1.29, 1.82) is 0 Å². The summed E-state index contributed by atoms with van der Waals surface area (Å²) in [6.07, 6.45) is 0. The number of nitrogens with one attached hydrogen (secondary N) is 1. The summed E-state index contributed by atoms with van der Waals surface area (Å²) in [7, 11) is 0. The molecule has 6 nitrogen and oxygen atoms in total. The minimum absolute atomic E-state index is 0.101. The lowest BCUT2D eigenvalue weighted by Gasteiger charge is -2.09. The fourth-order valence-electron chi connectivity index (χ4n) is 2.12. The molecular weight excluding hydrogens is 272 g/mol. The van der Waals surface area contributed by atoms with Crippen LogP contribution in [0.1, 0.15) is 15.9 Å². The Morgan fingerprint density at radius 3 is 2.76 bits per heavy atom. The molecule has 21 heavy (non-hydrogen) atoms. The molecule has 0 bridgehead atoms. The smallest absolute Gasteiger partial charge is 0.337 e. The van der Waals surface area contributed by atoms with E-state index in [-0.39, 0.29) is 18.0 Å². The van der Waals surface area contributed by atoms with E-state index in [1.807, 2.05) is 18.2 Å². The van der Waals surface area contributed by atoms with Crippen molar-refractivity contribution < 1.29 is 19.4 Å². The first-order valence-electron chi connectivity index (χ1n) is 6.39. The van der Waals surface area contributed by atoms with Crippen molar-refractivity contribution >= 4 is 17.3 Å². The van der Waals surface area contributed by atoms with Crippen LogP contribution < -0.4 is 20.5 Å². The molecule has 0 saturated carbocycles. The topological polar surface area (TPSA) is 93.8 Å². The van der Waals surface area contributed by atoms with Crippen LogP contribution in [0.3, 0.4) is 0 Å². The number of anilines is 2. The number of aromatic carboxylic acids is 1. The Kier molecular flexibility index (Phi) is 3.27. The van der Waals surface area contributed by atoms with Gasteiger partial charge in [-0.25, -0.2) is 4.79 Å². The summed E-state index contributed by atoms with van der Waals surface area (Å²) in [4.78, 5) is 10.9. The summed E-state index contributed by atoms with van der Waals surface area (Å²) in [6.45, 7) is 0.821. The molecule has 0 radical (unpaired) electrons. The van der Waals surface area contributed by atoms with E-state index in [4.69, 9.17) is 20.3 Å². The highest BCUT2D eigenvalue weighted by Crippen LogP contribution is 2.32. The van der Waals surface area contributed by atoms with Crippen LogP contribution in [0, 0.1) is 0 Å². The van der Waals surface area contributed by atoms with Crippen LogP contribution in [0.5, 0.6) is 11.5 Å². The number of ether oxygens (including phenoxy) is 2. The molecule has 108 valence electrons. The molecule has 3 rings (SSSR count). The van der Waals surface area contributed by atoms with E-state index >= 15 is 0 Å². The Hall–Kier alpha value is -2.89. The molecule has 0 spiro atoms. The lowest BCUT2D eigenvalue weighted by atomic mass is 10.1. The molecule has 1 aliphatic rings. The molecule has 0 unspecified atom stereocenters. The van der Waals surface area contributed by atoms with Crippen LogP contribution in [0.15, 0.2) is 36.4 Å². The van der Waals surface area contributed by atoms with Gasteiger partial charge >= 0.3 is 5.97 Å². The Labute approximate surface area is 121 Å². The molecule has 0 aliphatic carbocycles. The lowest BCUT2D eigenvalue weighted by Crippen LogP contribution is -2.04. The third kappa shape index (κ3) is 2.69. The number of carboxylic acid groups (broad SMARTS) is 1. The van der Waals surface area contributed by atoms with Gasteiger partial charge in [-0.2, -0.15) is 0 Å². The highest BCUT2D eigenvalue weighted by Gasteiger charge is 2.13. The molecule has 1 aliphatic heterocycles. The molecule has 0 fully saturated rings. The molecule has 6 heteroatoms. The van der Waals surface area contributed by atoms with Gasteiger partial charge in [0, 0.05) is 17.9 Å². The number of hydrogen-bond acceptors (Lipinski definition) is 5. The average molecular weight is 286 g/mol. The first-order valence-corrected chi connectivity index (χ1v) is 6.39. The summed E-state index contributed by atoms with van der Waals surface area (Å²) in [6, 6.07) is 10.5. The van der Waals surface area contributed by atoms with E-state index in [1.54, 1.807) is 12.1 Å². The lowest BCUT2D eigenvalue weighted by molar-refractivity contribution is 0.0698. The maximum atomic E-state index is 10.9. The predicted octanol–water partition coefficient (Wildman–Crippen LogP) is 2.31. The average Bonchev–Trinajstić information content (AvgIpc) is 2.92. The zero-order chi connectivity index (χ0) is 14.8. The summed E-state index contributed by atoms with van der Waals surface area (Å²) in [5, 5.41) is 12.1. The number of hydrogen-bond donors (Lipinski definition) is 3. The van der Waals surface area contributed by atoms with Crippen molar-refractivity contribution in [3.05, 3.63) is 47.5 Å². The molecule has 0 aromatic heterocycles. The van der Waals surface area contributed by atoms with Crippen molar-refractivity contribution in [2.45, 2.75) is 6.54 Å². The van der Waals surface area contributed by atoms with Gasteiger partial charge in [-0.1, -0.05) is 6.07 Å². The van der Waals surface area contributed by atoms with Crippen LogP contribution in [0.25, 0.3) is 0 Å². The van der Waals surface area contributed by atoms with Crippen LogP contribution in [0.2, 0.25) is 0 Å². The third-order valence-corrected chi connectivity index (χ3v) is 3.22. The molecule has 0 saturated heterocycles. The van der Waals surface area contributed by atoms with E-state index in [1.165, 1.54) is 6.07 Å². The minimum Gasteiger partial charge on any atom is -0.478 e. The highest BCUT2D eigenvalue weighted by molar-refractivity contribution is 5.94. The van der Waals surface area contributed by atoms with Gasteiger partial charge in [0.25, 0.3) is 0 Å². The molecule has 2 aromatic rings. The monoisotopic (exact) mass is 286 g/mol. The van der Waals surface area contributed by atoms with Crippen LogP contribution in [-0.4, -0.2) is 17.9 Å². The first kappa shape index (κ1) is 13.1. The van der Waals surface area contributed by atoms with Gasteiger partial charge in [0.15, 0.2) is 11.5 Å². The fraction of sp³-hybridized carbons (Fsp3) is 0.133. The summed E-state index contributed by atoms with van der Waals surface area (Å²) in [5.74, 6) is 0.443. The molecule has 0 amide bonds. The second kappa shape index (κ2) is 5.24. The van der Waals surface area contributed by atoms with Gasteiger partial charge in [0.05, 0.1) is 5.56 Å². The number of carbonyl (C=O) groups is 1. The Morgan fingerprint density at radius 1 is 1.19 bits per heavy atom. The number of nitrogen functional groups attached to an aromatic ring is 1. The third-order valence-electron chi connectivity index (χ3n) is 3.22. The highest BCUT2D eigenvalue weighted by atomic mass is 16.7. The number of nitrogens with two attached hydrogens (primary N) is 1. The van der Waals surface area contributed by atoms with Crippen LogP contribution in [-0.2, 0) is 6.54 Å². The quantitative estimate of drug-likeness (QED) is 0.747. The molecule has 4 N–H and O–H groups in total. The fourth-order valence-corrected chi connectivity index (χ4v) is 2.12. The van der Waals surface area contributed by atoms with Gasteiger partial charge in [0.1, 0.15) is 0 Å². The standard InChI is InChI=1S/C15H14N2O4/c16-12-6-10(2-3-11(12)15(18)19)17-7-9-1-4-13-14(5-9)21-8-20-13/h1-6,17H,7-8,16H2,(H,18,19). The number of carboxylic acids is 1. The minimum atomic E-state index is -1.03. The SMILES string of the molecule is Nc1cc(NCc2ccc3c(c2)OCO3)ccc1C(=O)O. The molecular formula is C15H14N2O4. The Balaban J connectivity index is 1.70. The van der Waals surface area contributed by atoms with Crippen molar-refractivity contribution in [1.82, 2.24) is 0 Å². The van der Waals surface area contributed by atoms with E-state index < -0.39 is 5.97 Å². The Bertz CT molecular complexity index is 700. The van der Waals surface area contributed by atoms with Gasteiger partial charge < -0.3 is 25.6 Å². The predicted molar refractivity (Wildman–Crippen MR) is 77.7 cm³/mol. The van der Waals surface area contributed by atoms with E-state index in [0.717, 1.165) is 22.7 Å². The van der Waals surface area contributed by atoms with Crippen molar-refractivity contribution in [2.24, 2.45) is 0 Å². The van der Waals surface area contributed by atoms with E-state index in [2.05, 4.69) is 5.32 Å². The largest absolute Gasteiger partial charge is 0.478 e. The number of fused-ring (bicyclic) bond motifs is 1. The van der Waals surface area contributed by atoms with Crippen LogP contribution >= 0.6 is 0 Å². The number of benzene rings is 2. The van der Waals surface area contributed by atoms with Crippen molar-refractivity contribution in [3.63, 3.8) is 0 Å². The second-order valence-corrected chi connectivity index (χ2v) is 4.65. The summed E-state index contributed by atoms with van der Waals surface area (Å²) >= 11 is 0. The molecule has 2 aromatic carbocycles. The normalized spacial score (nSPS) is 12.2.